The van der Waals surface area contributed by atoms with Crippen LogP contribution in [0.3, 0.4) is 0 Å². The van der Waals surface area contributed by atoms with Crippen molar-refractivity contribution in [2.75, 3.05) is 11.9 Å². The number of para-hydroxylation sites is 2. The van der Waals surface area contributed by atoms with E-state index in [1.807, 2.05) is 37.3 Å². The molecule has 4 aromatic rings. The minimum Gasteiger partial charge on any atom is -0.492 e. The molecule has 0 unspecified atom stereocenters. The van der Waals surface area contributed by atoms with Crippen molar-refractivity contribution in [3.8, 4) is 28.6 Å². The van der Waals surface area contributed by atoms with Gasteiger partial charge in [-0.05, 0) is 55.5 Å². The van der Waals surface area contributed by atoms with Gasteiger partial charge in [0.15, 0.2) is 0 Å². The highest BCUT2D eigenvalue weighted by Gasteiger charge is 2.16. The summed E-state index contributed by atoms with van der Waals surface area (Å²) in [6.07, 6.45) is 1.53. The van der Waals surface area contributed by atoms with E-state index < -0.39 is 5.56 Å². The lowest BCUT2D eigenvalue weighted by molar-refractivity contribution is -0.116. The summed E-state index contributed by atoms with van der Waals surface area (Å²) in [4.78, 5) is 29.9. The van der Waals surface area contributed by atoms with Gasteiger partial charge in [0.05, 0.1) is 12.3 Å². The highest BCUT2D eigenvalue weighted by Crippen LogP contribution is 2.24. The first kappa shape index (κ1) is 21.5. The van der Waals surface area contributed by atoms with Gasteiger partial charge in [-0.3, -0.25) is 9.59 Å². The average molecular weight is 495 g/mol. The molecule has 2 heterocycles. The average Bonchev–Trinajstić information content (AvgIpc) is 3.27. The summed E-state index contributed by atoms with van der Waals surface area (Å²) in [6.45, 7) is 2.16. The molecule has 2 aromatic heterocycles. The van der Waals surface area contributed by atoms with Gasteiger partial charge < -0.3 is 19.1 Å². The Balaban J connectivity index is 1.54. The minimum atomic E-state index is -0.410. The zero-order chi connectivity index (χ0) is 22.5. The summed E-state index contributed by atoms with van der Waals surface area (Å²) < 4.78 is 13.0. The van der Waals surface area contributed by atoms with Crippen LogP contribution in [-0.2, 0) is 11.3 Å². The number of hydrogen-bond acceptors (Lipinski definition) is 6. The van der Waals surface area contributed by atoms with Gasteiger partial charge in [-0.25, -0.2) is 0 Å². The van der Waals surface area contributed by atoms with E-state index in [1.165, 1.54) is 10.8 Å². The molecule has 1 N–H and O–H groups in total. The topological polar surface area (TPSA) is 99.2 Å². The highest BCUT2D eigenvalue weighted by molar-refractivity contribution is 9.10. The van der Waals surface area contributed by atoms with Crippen molar-refractivity contribution < 1.29 is 14.1 Å². The van der Waals surface area contributed by atoms with Gasteiger partial charge >= 0.3 is 0 Å². The maximum atomic E-state index is 12.9. The molecule has 0 bridgehead atoms. The number of halogens is 1. The van der Waals surface area contributed by atoms with Crippen molar-refractivity contribution >= 4 is 27.5 Å². The number of hydrogen-bond donors (Lipinski definition) is 1. The molecule has 32 heavy (non-hydrogen) atoms. The van der Waals surface area contributed by atoms with Crippen molar-refractivity contribution in [2.45, 2.75) is 13.5 Å². The second-order valence-corrected chi connectivity index (χ2v) is 7.68. The molecule has 0 spiro atoms. The first-order chi connectivity index (χ1) is 15.5. The van der Waals surface area contributed by atoms with E-state index >= 15 is 0 Å². The number of carbonyl (C=O) groups is 1. The smallest absolute Gasteiger partial charge is 0.263 e. The molecule has 0 fully saturated rings. The largest absolute Gasteiger partial charge is 0.492 e. The number of anilines is 1. The molecule has 8 nitrogen and oxygen atoms in total. The summed E-state index contributed by atoms with van der Waals surface area (Å²) in [7, 11) is 0. The number of nitrogens with zero attached hydrogens (tertiary/aromatic N) is 3. The van der Waals surface area contributed by atoms with Crippen LogP contribution in [0.4, 0.5) is 5.69 Å². The lowest BCUT2D eigenvalue weighted by Gasteiger charge is -2.12. The van der Waals surface area contributed by atoms with Gasteiger partial charge in [-0.2, -0.15) is 4.98 Å². The zero-order valence-electron chi connectivity index (χ0n) is 17.1. The van der Waals surface area contributed by atoms with Gasteiger partial charge in [-0.15, -0.1) is 0 Å². The molecule has 9 heteroatoms. The Labute approximate surface area is 192 Å². The first-order valence-corrected chi connectivity index (χ1v) is 10.7. The number of rotatable bonds is 7. The standard InChI is InChI=1S/C23H19BrN4O4/c1-2-31-19-8-4-3-7-18(19)25-20(29)14-28-13-5-6-17(23(28)30)22-26-21(27-32-22)15-9-11-16(24)12-10-15/h3-13H,2,14H2,1H3,(H,25,29). The van der Waals surface area contributed by atoms with E-state index in [9.17, 15) is 9.59 Å². The van der Waals surface area contributed by atoms with E-state index in [1.54, 1.807) is 30.3 Å². The van der Waals surface area contributed by atoms with Gasteiger partial charge in [0.25, 0.3) is 11.4 Å². The summed E-state index contributed by atoms with van der Waals surface area (Å²) in [5.74, 6) is 0.658. The van der Waals surface area contributed by atoms with Gasteiger partial charge in [-0.1, -0.05) is 33.2 Å². The SMILES string of the molecule is CCOc1ccccc1NC(=O)Cn1cccc(-c2nc(-c3ccc(Br)cc3)no2)c1=O. The van der Waals surface area contributed by atoms with Crippen LogP contribution in [0.2, 0.25) is 0 Å². The fraction of sp³-hybridized carbons (Fsp3) is 0.130. The molecule has 0 atom stereocenters. The van der Waals surface area contributed by atoms with Crippen LogP contribution in [0.1, 0.15) is 6.92 Å². The van der Waals surface area contributed by atoms with E-state index in [0.717, 1.165) is 10.0 Å². The third kappa shape index (κ3) is 4.78. The number of aromatic nitrogens is 3. The minimum absolute atomic E-state index is 0.0874. The summed E-state index contributed by atoms with van der Waals surface area (Å²) in [5, 5.41) is 6.75. The Morgan fingerprint density at radius 2 is 1.91 bits per heavy atom. The highest BCUT2D eigenvalue weighted by atomic mass is 79.9. The maximum Gasteiger partial charge on any atom is 0.263 e. The quantitative estimate of drug-likeness (QED) is 0.409. The molecule has 162 valence electrons. The monoisotopic (exact) mass is 494 g/mol. The van der Waals surface area contributed by atoms with Crippen LogP contribution in [-0.4, -0.2) is 27.2 Å². The van der Waals surface area contributed by atoms with Crippen LogP contribution in [0.15, 0.2) is 80.7 Å². The Bertz CT molecular complexity index is 1300. The summed E-state index contributed by atoms with van der Waals surface area (Å²) in [5.41, 5.74) is 1.10. The number of pyridine rings is 1. The van der Waals surface area contributed by atoms with Gasteiger partial charge in [0.1, 0.15) is 17.9 Å². The predicted octanol–water partition coefficient (Wildman–Crippen LogP) is 4.37. The lowest BCUT2D eigenvalue weighted by Crippen LogP contribution is -2.28. The van der Waals surface area contributed by atoms with Crippen molar-refractivity contribution in [3.63, 3.8) is 0 Å². The van der Waals surface area contributed by atoms with Crippen LogP contribution in [0, 0.1) is 0 Å². The van der Waals surface area contributed by atoms with Crippen molar-refractivity contribution in [2.24, 2.45) is 0 Å². The molecule has 0 saturated carbocycles. The molecule has 1 amide bonds. The fourth-order valence-corrected chi connectivity index (χ4v) is 3.33. The van der Waals surface area contributed by atoms with E-state index in [2.05, 4.69) is 31.4 Å². The van der Waals surface area contributed by atoms with Crippen LogP contribution in [0.25, 0.3) is 22.8 Å². The first-order valence-electron chi connectivity index (χ1n) is 9.86. The number of ether oxygens (including phenoxy) is 1. The normalized spacial score (nSPS) is 10.7. The number of nitrogens with one attached hydrogen (secondary N) is 1. The summed E-state index contributed by atoms with van der Waals surface area (Å²) >= 11 is 3.38. The predicted molar refractivity (Wildman–Crippen MR) is 123 cm³/mol. The lowest BCUT2D eigenvalue weighted by atomic mass is 10.2. The third-order valence-electron chi connectivity index (χ3n) is 4.55. The molecule has 2 aromatic carbocycles. The molecule has 0 saturated heterocycles. The van der Waals surface area contributed by atoms with Gasteiger partial charge in [0.2, 0.25) is 11.7 Å². The van der Waals surface area contributed by atoms with E-state index in [-0.39, 0.29) is 23.9 Å². The van der Waals surface area contributed by atoms with Crippen LogP contribution in [0.5, 0.6) is 5.75 Å². The third-order valence-corrected chi connectivity index (χ3v) is 5.08. The van der Waals surface area contributed by atoms with E-state index in [0.29, 0.717) is 23.9 Å². The molecule has 0 aliphatic heterocycles. The molecular formula is C23H19BrN4O4. The Hall–Kier alpha value is -3.72. The number of amides is 1. The second-order valence-electron chi connectivity index (χ2n) is 6.76. The molecule has 0 aliphatic rings. The fourth-order valence-electron chi connectivity index (χ4n) is 3.07. The van der Waals surface area contributed by atoms with Crippen molar-refractivity contribution in [1.29, 1.82) is 0 Å². The van der Waals surface area contributed by atoms with Crippen LogP contribution >= 0.6 is 15.9 Å². The van der Waals surface area contributed by atoms with Crippen molar-refractivity contribution in [1.82, 2.24) is 14.7 Å². The Morgan fingerprint density at radius 3 is 2.69 bits per heavy atom. The zero-order valence-corrected chi connectivity index (χ0v) is 18.7. The van der Waals surface area contributed by atoms with E-state index in [4.69, 9.17) is 9.26 Å². The van der Waals surface area contributed by atoms with Crippen molar-refractivity contribution in [3.05, 3.63) is 81.7 Å². The van der Waals surface area contributed by atoms with Crippen LogP contribution < -0.4 is 15.6 Å². The molecule has 0 aliphatic carbocycles. The summed E-state index contributed by atoms with van der Waals surface area (Å²) in [6, 6.07) is 17.8. The number of carbonyl (C=O) groups excluding carboxylic acids is 1. The van der Waals surface area contributed by atoms with Gasteiger partial charge in [0, 0.05) is 16.2 Å². The second kappa shape index (κ2) is 9.61. The molecule has 4 rings (SSSR count). The maximum absolute atomic E-state index is 12.9. The molecule has 0 radical (unpaired) electrons. The Morgan fingerprint density at radius 1 is 1.12 bits per heavy atom. The molecular weight excluding hydrogens is 476 g/mol. The Kier molecular flexibility index (Phi) is 6.46. The number of benzene rings is 2.